The number of rotatable bonds is 10. The maximum atomic E-state index is 13.2. The summed E-state index contributed by atoms with van der Waals surface area (Å²) in [7, 11) is -3.51. The number of hydrogen-bond donors (Lipinski definition) is 1. The van der Waals surface area contributed by atoms with E-state index in [9.17, 15) is 13.2 Å². The van der Waals surface area contributed by atoms with Crippen LogP contribution in [0.25, 0.3) is 0 Å². The number of nitrogens with zero attached hydrogens (tertiary/aromatic N) is 5. The third-order valence-corrected chi connectivity index (χ3v) is 8.49. The normalized spacial score (nSPS) is 16.8. The summed E-state index contributed by atoms with van der Waals surface area (Å²) in [6, 6.07) is 18.7. The zero-order valence-corrected chi connectivity index (χ0v) is 21.8. The molecule has 0 radical (unpaired) electrons. The quantitative estimate of drug-likeness (QED) is 0.438. The first-order valence-corrected chi connectivity index (χ1v) is 14.0. The predicted molar refractivity (Wildman–Crippen MR) is 141 cm³/mol. The zero-order chi connectivity index (χ0) is 26.3. The molecule has 10 heteroatoms. The highest BCUT2D eigenvalue weighted by atomic mass is 32.2. The lowest BCUT2D eigenvalue weighted by atomic mass is 10.1. The maximum absolute atomic E-state index is 13.2. The van der Waals surface area contributed by atoms with Crippen LogP contribution in [0.15, 0.2) is 67.1 Å². The number of carbonyl (C=O) groups is 1. The van der Waals surface area contributed by atoms with E-state index >= 15 is 0 Å². The van der Waals surface area contributed by atoms with E-state index in [0.29, 0.717) is 51.3 Å². The SMILES string of the molecule is CCS(=O)(=O)N1CCN(Cc2ccccc2)CC1C(=O)NCCc1cncn1Cc1ccc(C#N)cc1. The molecule has 2 heterocycles. The van der Waals surface area contributed by atoms with Crippen molar-refractivity contribution >= 4 is 15.9 Å². The topological polar surface area (TPSA) is 111 Å². The van der Waals surface area contributed by atoms with Crippen LogP contribution in [0.1, 0.15) is 29.3 Å². The van der Waals surface area contributed by atoms with Gasteiger partial charge in [-0.25, -0.2) is 13.4 Å². The highest BCUT2D eigenvalue weighted by Crippen LogP contribution is 2.18. The van der Waals surface area contributed by atoms with Gasteiger partial charge in [0.25, 0.3) is 0 Å². The molecule has 0 bridgehead atoms. The molecule has 1 aliphatic rings. The van der Waals surface area contributed by atoms with Crippen molar-refractivity contribution in [3.05, 3.63) is 89.5 Å². The van der Waals surface area contributed by atoms with Crippen LogP contribution in [0.5, 0.6) is 0 Å². The highest BCUT2D eigenvalue weighted by molar-refractivity contribution is 7.89. The second-order valence-corrected chi connectivity index (χ2v) is 11.3. The van der Waals surface area contributed by atoms with Gasteiger partial charge in [-0.2, -0.15) is 9.57 Å². The molecule has 4 rings (SSSR count). The Morgan fingerprint density at radius 1 is 1.08 bits per heavy atom. The first-order chi connectivity index (χ1) is 17.9. The molecular formula is C27H32N6O3S. The van der Waals surface area contributed by atoms with Crippen LogP contribution in [0.2, 0.25) is 0 Å². The van der Waals surface area contributed by atoms with E-state index < -0.39 is 16.1 Å². The van der Waals surface area contributed by atoms with Crippen LogP contribution in [0, 0.1) is 11.3 Å². The molecule has 1 aromatic heterocycles. The van der Waals surface area contributed by atoms with E-state index in [0.717, 1.165) is 16.8 Å². The summed E-state index contributed by atoms with van der Waals surface area (Å²) in [5.74, 6) is -0.322. The van der Waals surface area contributed by atoms with Crippen molar-refractivity contribution in [3.8, 4) is 6.07 Å². The number of nitrogens with one attached hydrogen (secondary N) is 1. The van der Waals surface area contributed by atoms with Gasteiger partial charge in [0.1, 0.15) is 6.04 Å². The maximum Gasteiger partial charge on any atom is 0.239 e. The molecule has 0 aliphatic carbocycles. The molecule has 0 saturated carbocycles. The van der Waals surface area contributed by atoms with Crippen LogP contribution < -0.4 is 5.32 Å². The standard InChI is InChI=1S/C27H32N6O3S/c1-2-37(35,36)33-15-14-31(18-23-6-4-3-5-7-23)20-26(33)27(34)30-13-12-25-17-29-21-32(25)19-24-10-8-22(16-28)9-11-24/h3-11,17,21,26H,2,12-15,18-20H2,1H3,(H,30,34). The summed E-state index contributed by atoms with van der Waals surface area (Å²) in [5.41, 5.74) is 3.74. The van der Waals surface area contributed by atoms with Crippen molar-refractivity contribution in [2.24, 2.45) is 0 Å². The van der Waals surface area contributed by atoms with Gasteiger partial charge in [0, 0.05) is 57.6 Å². The van der Waals surface area contributed by atoms with Crippen molar-refractivity contribution in [2.75, 3.05) is 31.9 Å². The number of imidazole rings is 1. The summed E-state index contributed by atoms with van der Waals surface area (Å²) in [6.07, 6.45) is 4.07. The first-order valence-electron chi connectivity index (χ1n) is 12.4. The number of piperazine rings is 1. The monoisotopic (exact) mass is 520 g/mol. The number of nitriles is 1. The van der Waals surface area contributed by atoms with Crippen molar-refractivity contribution in [2.45, 2.75) is 32.5 Å². The molecule has 1 aliphatic heterocycles. The van der Waals surface area contributed by atoms with Crippen molar-refractivity contribution in [3.63, 3.8) is 0 Å². The third kappa shape index (κ3) is 6.83. The van der Waals surface area contributed by atoms with Gasteiger partial charge in [-0.05, 0) is 30.2 Å². The minimum Gasteiger partial charge on any atom is -0.354 e. The highest BCUT2D eigenvalue weighted by Gasteiger charge is 2.38. The Kier molecular flexibility index (Phi) is 8.71. The van der Waals surface area contributed by atoms with E-state index in [1.165, 1.54) is 4.31 Å². The van der Waals surface area contributed by atoms with Gasteiger partial charge >= 0.3 is 0 Å². The number of sulfonamides is 1. The lowest BCUT2D eigenvalue weighted by molar-refractivity contribution is -0.126. The van der Waals surface area contributed by atoms with Crippen LogP contribution in [0.4, 0.5) is 0 Å². The van der Waals surface area contributed by atoms with Crippen molar-refractivity contribution in [1.29, 1.82) is 5.26 Å². The molecule has 1 unspecified atom stereocenters. The fourth-order valence-electron chi connectivity index (χ4n) is 4.53. The fraction of sp³-hybridized carbons (Fsp3) is 0.370. The van der Waals surface area contributed by atoms with Gasteiger partial charge in [0.15, 0.2) is 0 Å². The molecule has 1 fully saturated rings. The Balaban J connectivity index is 1.38. The predicted octanol–water partition coefficient (Wildman–Crippen LogP) is 2.00. The average Bonchev–Trinajstić information content (AvgIpc) is 3.36. The fourth-order valence-corrected chi connectivity index (χ4v) is 5.77. The van der Waals surface area contributed by atoms with E-state index in [1.54, 1.807) is 31.6 Å². The smallest absolute Gasteiger partial charge is 0.239 e. The summed E-state index contributed by atoms with van der Waals surface area (Å²) in [6.45, 7) is 4.46. The van der Waals surface area contributed by atoms with Crippen molar-refractivity contribution < 1.29 is 13.2 Å². The minimum absolute atomic E-state index is 0.0377. The number of hydrogen-bond acceptors (Lipinski definition) is 6. The largest absolute Gasteiger partial charge is 0.354 e. The Morgan fingerprint density at radius 3 is 2.51 bits per heavy atom. The Labute approximate surface area is 218 Å². The number of amides is 1. The van der Waals surface area contributed by atoms with Gasteiger partial charge in [0.2, 0.25) is 15.9 Å². The van der Waals surface area contributed by atoms with Crippen LogP contribution in [-0.4, -0.2) is 71.1 Å². The summed E-state index contributed by atoms with van der Waals surface area (Å²) in [4.78, 5) is 19.6. The molecule has 1 saturated heterocycles. The number of carbonyl (C=O) groups excluding carboxylic acids is 1. The second-order valence-electron chi connectivity index (χ2n) is 9.11. The molecule has 0 spiro atoms. The van der Waals surface area contributed by atoms with Crippen LogP contribution >= 0.6 is 0 Å². The van der Waals surface area contributed by atoms with Crippen LogP contribution in [-0.2, 0) is 34.3 Å². The Hall–Kier alpha value is -3.52. The lowest BCUT2D eigenvalue weighted by Gasteiger charge is -2.39. The number of benzene rings is 2. The molecule has 9 nitrogen and oxygen atoms in total. The molecule has 1 amide bonds. The Bertz CT molecular complexity index is 1330. The van der Waals surface area contributed by atoms with E-state index in [4.69, 9.17) is 5.26 Å². The minimum atomic E-state index is -3.51. The third-order valence-electron chi connectivity index (χ3n) is 6.60. The van der Waals surface area contributed by atoms with Gasteiger partial charge in [-0.3, -0.25) is 9.69 Å². The average molecular weight is 521 g/mol. The summed E-state index contributed by atoms with van der Waals surface area (Å²) in [5, 5.41) is 11.9. The molecule has 37 heavy (non-hydrogen) atoms. The molecular weight excluding hydrogens is 488 g/mol. The van der Waals surface area contributed by atoms with E-state index in [-0.39, 0.29) is 11.7 Å². The lowest BCUT2D eigenvalue weighted by Crippen LogP contribution is -2.60. The molecule has 3 aromatic rings. The molecule has 194 valence electrons. The van der Waals surface area contributed by atoms with E-state index in [2.05, 4.69) is 21.3 Å². The van der Waals surface area contributed by atoms with Gasteiger partial charge < -0.3 is 9.88 Å². The van der Waals surface area contributed by atoms with Crippen LogP contribution in [0.3, 0.4) is 0 Å². The van der Waals surface area contributed by atoms with E-state index in [1.807, 2.05) is 47.0 Å². The van der Waals surface area contributed by atoms with Gasteiger partial charge in [-0.15, -0.1) is 0 Å². The Morgan fingerprint density at radius 2 is 1.81 bits per heavy atom. The molecule has 1 N–H and O–H groups in total. The first kappa shape index (κ1) is 26.5. The second kappa shape index (κ2) is 12.1. The van der Waals surface area contributed by atoms with Gasteiger partial charge in [0.05, 0.1) is 23.7 Å². The van der Waals surface area contributed by atoms with Gasteiger partial charge in [-0.1, -0.05) is 42.5 Å². The summed E-state index contributed by atoms with van der Waals surface area (Å²) < 4.78 is 28.9. The zero-order valence-electron chi connectivity index (χ0n) is 21.0. The molecule has 2 aromatic carbocycles. The number of aromatic nitrogens is 2. The van der Waals surface area contributed by atoms with Crippen molar-refractivity contribution in [1.82, 2.24) is 24.1 Å². The summed E-state index contributed by atoms with van der Waals surface area (Å²) >= 11 is 0. The molecule has 1 atom stereocenters.